The third kappa shape index (κ3) is 1.95. The van der Waals surface area contributed by atoms with Gasteiger partial charge in [0.15, 0.2) is 0 Å². The summed E-state index contributed by atoms with van der Waals surface area (Å²) in [6.45, 7) is 0.142. The summed E-state index contributed by atoms with van der Waals surface area (Å²) in [4.78, 5) is 0. The highest BCUT2D eigenvalue weighted by Gasteiger charge is 2.07. The fourth-order valence-electron chi connectivity index (χ4n) is 1.58. The zero-order valence-electron chi connectivity index (χ0n) is 8.58. The van der Waals surface area contributed by atoms with Crippen LogP contribution in [0.15, 0.2) is 42.5 Å². The Balaban J connectivity index is 2.50. The fraction of sp³-hybridized carbons (Fsp3) is 0.0769. The van der Waals surface area contributed by atoms with Crippen LogP contribution in [0.1, 0.15) is 5.56 Å². The number of halogens is 2. The predicted octanol–water partition coefficient (Wildman–Crippen LogP) is 3.09. The maximum atomic E-state index is 13.5. The second-order valence-corrected chi connectivity index (χ2v) is 3.49. The van der Waals surface area contributed by atoms with Gasteiger partial charge < -0.3 is 5.73 Å². The quantitative estimate of drug-likeness (QED) is 0.825. The number of rotatable bonds is 2. The smallest absolute Gasteiger partial charge is 0.131 e. The van der Waals surface area contributed by atoms with Gasteiger partial charge >= 0.3 is 0 Å². The summed E-state index contributed by atoms with van der Waals surface area (Å²) in [6.07, 6.45) is 0. The lowest BCUT2D eigenvalue weighted by molar-refractivity contribution is 0.610. The summed E-state index contributed by atoms with van der Waals surface area (Å²) in [6, 6.07) is 10.8. The summed E-state index contributed by atoms with van der Waals surface area (Å²) < 4.78 is 26.9. The first-order valence-electron chi connectivity index (χ1n) is 4.96. The Kier molecular flexibility index (Phi) is 2.97. The van der Waals surface area contributed by atoms with Crippen molar-refractivity contribution in [3.05, 3.63) is 59.7 Å². The maximum Gasteiger partial charge on any atom is 0.131 e. The summed E-state index contributed by atoms with van der Waals surface area (Å²) in [7, 11) is 0. The highest BCUT2D eigenvalue weighted by molar-refractivity contribution is 5.64. The molecule has 2 aromatic rings. The van der Waals surface area contributed by atoms with E-state index < -0.39 is 5.82 Å². The van der Waals surface area contributed by atoms with Gasteiger partial charge in [-0.15, -0.1) is 0 Å². The second kappa shape index (κ2) is 4.41. The predicted molar refractivity (Wildman–Crippen MR) is 59.7 cm³/mol. The van der Waals surface area contributed by atoms with Crippen LogP contribution >= 0.6 is 0 Å². The third-order valence-electron chi connectivity index (χ3n) is 2.46. The summed E-state index contributed by atoms with van der Waals surface area (Å²) in [5, 5.41) is 0. The number of hydrogen-bond donors (Lipinski definition) is 1. The molecule has 2 aromatic carbocycles. The lowest BCUT2D eigenvalue weighted by Crippen LogP contribution is -1.99. The second-order valence-electron chi connectivity index (χ2n) is 3.49. The van der Waals surface area contributed by atoms with Crippen molar-refractivity contribution >= 4 is 0 Å². The van der Waals surface area contributed by atoms with Crippen molar-refractivity contribution in [1.29, 1.82) is 0 Å². The Morgan fingerprint density at radius 2 is 1.69 bits per heavy atom. The Bertz CT molecular complexity index is 509. The van der Waals surface area contributed by atoms with Crippen molar-refractivity contribution in [3.63, 3.8) is 0 Å². The molecule has 0 saturated carbocycles. The zero-order chi connectivity index (χ0) is 11.5. The molecule has 0 fully saturated rings. The molecule has 0 heterocycles. The van der Waals surface area contributed by atoms with E-state index in [9.17, 15) is 8.78 Å². The van der Waals surface area contributed by atoms with Crippen LogP contribution in [0.25, 0.3) is 11.1 Å². The molecule has 3 heteroatoms. The molecule has 0 bridgehead atoms. The first-order chi connectivity index (χ1) is 7.72. The molecule has 0 atom stereocenters. The van der Waals surface area contributed by atoms with E-state index in [0.29, 0.717) is 16.7 Å². The van der Waals surface area contributed by atoms with Gasteiger partial charge in [0, 0.05) is 17.7 Å². The van der Waals surface area contributed by atoms with Gasteiger partial charge in [0.2, 0.25) is 0 Å². The summed E-state index contributed by atoms with van der Waals surface area (Å²) in [5.41, 5.74) is 6.70. The van der Waals surface area contributed by atoms with E-state index in [1.807, 2.05) is 0 Å². The van der Waals surface area contributed by atoms with Gasteiger partial charge in [0.25, 0.3) is 0 Å². The molecule has 0 unspecified atom stereocenters. The molecule has 0 aliphatic heterocycles. The van der Waals surface area contributed by atoms with Gasteiger partial charge in [-0.3, -0.25) is 0 Å². The highest BCUT2D eigenvalue weighted by atomic mass is 19.1. The molecule has 0 radical (unpaired) electrons. The average molecular weight is 219 g/mol. The van der Waals surface area contributed by atoms with Crippen molar-refractivity contribution in [2.45, 2.75) is 6.54 Å². The van der Waals surface area contributed by atoms with Gasteiger partial charge in [0.1, 0.15) is 11.6 Å². The van der Waals surface area contributed by atoms with Gasteiger partial charge in [0.05, 0.1) is 0 Å². The van der Waals surface area contributed by atoms with Crippen molar-refractivity contribution in [2.24, 2.45) is 5.73 Å². The first kappa shape index (κ1) is 10.8. The Hall–Kier alpha value is -1.74. The van der Waals surface area contributed by atoms with Crippen molar-refractivity contribution in [3.8, 4) is 11.1 Å². The molecule has 0 spiro atoms. The lowest BCUT2D eigenvalue weighted by Gasteiger charge is -2.05. The van der Waals surface area contributed by atoms with E-state index in [1.165, 1.54) is 12.1 Å². The molecular weight excluding hydrogens is 208 g/mol. The zero-order valence-corrected chi connectivity index (χ0v) is 8.58. The molecule has 1 nitrogen and oxygen atoms in total. The SMILES string of the molecule is NCc1ccc(-c2ccccc2F)cc1F. The van der Waals surface area contributed by atoms with Gasteiger partial charge in [-0.1, -0.05) is 30.3 Å². The topological polar surface area (TPSA) is 26.0 Å². The van der Waals surface area contributed by atoms with Crippen molar-refractivity contribution < 1.29 is 8.78 Å². The van der Waals surface area contributed by atoms with Crippen LogP contribution in [0.3, 0.4) is 0 Å². The van der Waals surface area contributed by atoms with E-state index in [2.05, 4.69) is 0 Å². The first-order valence-corrected chi connectivity index (χ1v) is 4.96. The van der Waals surface area contributed by atoms with Gasteiger partial charge in [-0.05, 0) is 17.7 Å². The fourth-order valence-corrected chi connectivity index (χ4v) is 1.58. The van der Waals surface area contributed by atoms with E-state index in [4.69, 9.17) is 5.73 Å². The minimum absolute atomic E-state index is 0.142. The maximum absolute atomic E-state index is 13.5. The van der Waals surface area contributed by atoms with Crippen LogP contribution in [0.2, 0.25) is 0 Å². The Morgan fingerprint density at radius 1 is 0.938 bits per heavy atom. The summed E-state index contributed by atoms with van der Waals surface area (Å²) in [5.74, 6) is -0.759. The van der Waals surface area contributed by atoms with Crippen LogP contribution in [-0.4, -0.2) is 0 Å². The number of nitrogens with two attached hydrogens (primary N) is 1. The van der Waals surface area contributed by atoms with Crippen LogP contribution in [0, 0.1) is 11.6 Å². The van der Waals surface area contributed by atoms with E-state index in [-0.39, 0.29) is 12.4 Å². The van der Waals surface area contributed by atoms with Crippen LogP contribution in [0.4, 0.5) is 8.78 Å². The molecule has 16 heavy (non-hydrogen) atoms. The van der Waals surface area contributed by atoms with Gasteiger partial charge in [-0.25, -0.2) is 8.78 Å². The minimum Gasteiger partial charge on any atom is -0.326 e. The normalized spacial score (nSPS) is 10.4. The lowest BCUT2D eigenvalue weighted by atomic mass is 10.0. The largest absolute Gasteiger partial charge is 0.326 e. The minimum atomic E-state index is -0.400. The molecule has 0 aliphatic carbocycles. The molecule has 82 valence electrons. The average Bonchev–Trinajstić information content (AvgIpc) is 2.29. The van der Waals surface area contributed by atoms with Crippen LogP contribution < -0.4 is 5.73 Å². The van der Waals surface area contributed by atoms with Crippen LogP contribution in [0.5, 0.6) is 0 Å². The molecule has 0 aromatic heterocycles. The number of hydrogen-bond acceptors (Lipinski definition) is 1. The number of benzene rings is 2. The molecule has 0 saturated heterocycles. The van der Waals surface area contributed by atoms with Crippen molar-refractivity contribution in [2.75, 3.05) is 0 Å². The monoisotopic (exact) mass is 219 g/mol. The van der Waals surface area contributed by atoms with Gasteiger partial charge in [-0.2, -0.15) is 0 Å². The molecule has 0 aliphatic rings. The Morgan fingerprint density at radius 3 is 2.31 bits per heavy atom. The Labute approximate surface area is 92.5 Å². The summed E-state index contributed by atoms with van der Waals surface area (Å²) >= 11 is 0. The highest BCUT2D eigenvalue weighted by Crippen LogP contribution is 2.24. The third-order valence-corrected chi connectivity index (χ3v) is 2.46. The van der Waals surface area contributed by atoms with E-state index in [1.54, 1.807) is 30.3 Å². The molecule has 2 N–H and O–H groups in total. The molecule has 2 rings (SSSR count). The molecular formula is C13H11F2N. The van der Waals surface area contributed by atoms with E-state index in [0.717, 1.165) is 0 Å². The van der Waals surface area contributed by atoms with Crippen molar-refractivity contribution in [1.82, 2.24) is 0 Å². The molecule has 0 amide bonds. The standard InChI is InChI=1S/C13H11F2N/c14-12-4-2-1-3-11(12)9-5-6-10(8-16)13(15)7-9/h1-7H,8,16H2. The van der Waals surface area contributed by atoms with Crippen LogP contribution in [-0.2, 0) is 6.54 Å². The van der Waals surface area contributed by atoms with E-state index >= 15 is 0 Å².